The van der Waals surface area contributed by atoms with Crippen LogP contribution in [-0.4, -0.2) is 34.2 Å². The van der Waals surface area contributed by atoms with Gasteiger partial charge in [-0.3, -0.25) is 4.79 Å². The Bertz CT molecular complexity index is 977. The summed E-state index contributed by atoms with van der Waals surface area (Å²) in [5, 5.41) is 6.54. The fourth-order valence-corrected chi connectivity index (χ4v) is 2.69. The molecule has 10 heteroatoms. The number of ether oxygens (including phenoxy) is 2. The van der Waals surface area contributed by atoms with Gasteiger partial charge < -0.3 is 25.0 Å². The van der Waals surface area contributed by atoms with Crippen molar-refractivity contribution in [3.8, 4) is 22.8 Å². The fraction of sp³-hybridized carbons (Fsp3) is 0.125. The fourth-order valence-electron chi connectivity index (χ4n) is 2.48. The molecule has 3 aromatic rings. The highest BCUT2D eigenvalue weighted by atomic mass is 35.5. The van der Waals surface area contributed by atoms with Gasteiger partial charge in [0.1, 0.15) is 25.2 Å². The Balaban J connectivity index is 1.67. The number of fused-ring (bicyclic) bond motifs is 1. The number of aromatic nitrogens is 3. The van der Waals surface area contributed by atoms with Crippen LogP contribution in [0.15, 0.2) is 35.2 Å². The molecule has 9 nitrogen and oxygen atoms in total. The number of carbonyl (C=O) groups is 1. The van der Waals surface area contributed by atoms with Crippen LogP contribution in [0, 0.1) is 0 Å². The van der Waals surface area contributed by atoms with Gasteiger partial charge in [0.25, 0.3) is 5.91 Å². The van der Waals surface area contributed by atoms with Crippen molar-refractivity contribution in [3.63, 3.8) is 0 Å². The number of carbonyl (C=O) groups excluding carboxylic acids is 1. The van der Waals surface area contributed by atoms with Crippen LogP contribution in [0.4, 0.5) is 11.6 Å². The highest BCUT2D eigenvalue weighted by molar-refractivity contribution is 6.31. The van der Waals surface area contributed by atoms with E-state index < -0.39 is 5.91 Å². The zero-order valence-corrected chi connectivity index (χ0v) is 14.0. The lowest BCUT2D eigenvalue weighted by atomic mass is 10.1. The Kier molecular flexibility index (Phi) is 4.05. The Morgan fingerprint density at radius 1 is 1.27 bits per heavy atom. The normalized spacial score (nSPS) is 12.7. The van der Waals surface area contributed by atoms with E-state index in [0.717, 1.165) is 0 Å². The number of anilines is 2. The number of nitrogens with zero attached hydrogens (tertiary/aromatic N) is 3. The lowest BCUT2D eigenvalue weighted by Crippen LogP contribution is -2.17. The predicted octanol–water partition coefficient (Wildman–Crippen LogP) is 2.39. The highest BCUT2D eigenvalue weighted by Crippen LogP contribution is 2.43. The number of benzene rings is 1. The monoisotopic (exact) mass is 373 g/mol. The standard InChI is InChI=1S/C16H12ClN5O4/c17-8-5-9(14-11(6-8)24-3-4-25-14)13-15(18)20-12(7-19-13)21-16(23)10-1-2-26-22-10/h1-2,5-7H,3-4H2,(H3,18,20,21,23). The summed E-state index contributed by atoms with van der Waals surface area (Å²) in [7, 11) is 0. The summed E-state index contributed by atoms with van der Waals surface area (Å²) in [5.41, 5.74) is 7.08. The summed E-state index contributed by atoms with van der Waals surface area (Å²) in [6.07, 6.45) is 2.67. The summed E-state index contributed by atoms with van der Waals surface area (Å²) in [4.78, 5) is 20.4. The lowest BCUT2D eigenvalue weighted by molar-refractivity contribution is 0.101. The molecule has 3 heterocycles. The van der Waals surface area contributed by atoms with E-state index in [2.05, 4.69) is 25.0 Å². The summed E-state index contributed by atoms with van der Waals surface area (Å²) in [6.45, 7) is 0.835. The second-order valence-corrected chi connectivity index (χ2v) is 5.74. The van der Waals surface area contributed by atoms with Gasteiger partial charge in [-0.1, -0.05) is 16.8 Å². The van der Waals surface area contributed by atoms with Crippen molar-refractivity contribution in [2.24, 2.45) is 0 Å². The van der Waals surface area contributed by atoms with E-state index in [1.807, 2.05) is 0 Å². The van der Waals surface area contributed by atoms with Gasteiger partial charge in [0.15, 0.2) is 28.8 Å². The van der Waals surface area contributed by atoms with E-state index in [4.69, 9.17) is 26.8 Å². The van der Waals surface area contributed by atoms with Crippen molar-refractivity contribution in [1.29, 1.82) is 0 Å². The first-order chi connectivity index (χ1) is 12.6. The van der Waals surface area contributed by atoms with Crippen LogP contribution in [-0.2, 0) is 0 Å². The van der Waals surface area contributed by atoms with Crippen LogP contribution in [0.2, 0.25) is 5.02 Å². The zero-order valence-electron chi connectivity index (χ0n) is 13.2. The molecule has 1 aromatic carbocycles. The molecular weight excluding hydrogens is 362 g/mol. The van der Waals surface area contributed by atoms with Crippen LogP contribution in [0.25, 0.3) is 11.3 Å². The molecule has 4 rings (SSSR count). The smallest absolute Gasteiger partial charge is 0.279 e. The summed E-state index contributed by atoms with van der Waals surface area (Å²) < 4.78 is 15.8. The van der Waals surface area contributed by atoms with Gasteiger partial charge >= 0.3 is 0 Å². The largest absolute Gasteiger partial charge is 0.486 e. The molecule has 2 aromatic heterocycles. The van der Waals surface area contributed by atoms with Crippen molar-refractivity contribution >= 4 is 29.1 Å². The average Bonchev–Trinajstić information content (AvgIpc) is 3.16. The van der Waals surface area contributed by atoms with E-state index in [0.29, 0.717) is 41.0 Å². The third-order valence-electron chi connectivity index (χ3n) is 3.57. The van der Waals surface area contributed by atoms with Crippen molar-refractivity contribution in [1.82, 2.24) is 15.1 Å². The summed E-state index contributed by atoms with van der Waals surface area (Å²) in [5.74, 6) is 0.801. The van der Waals surface area contributed by atoms with E-state index in [9.17, 15) is 4.79 Å². The topological polar surface area (TPSA) is 125 Å². The molecule has 0 aliphatic carbocycles. The van der Waals surface area contributed by atoms with Crippen LogP contribution < -0.4 is 20.5 Å². The second kappa shape index (κ2) is 6.52. The zero-order chi connectivity index (χ0) is 18.1. The van der Waals surface area contributed by atoms with Crippen LogP contribution in [0.5, 0.6) is 11.5 Å². The molecule has 0 atom stereocenters. The number of halogens is 1. The van der Waals surface area contributed by atoms with E-state index in [1.165, 1.54) is 18.5 Å². The Morgan fingerprint density at radius 3 is 2.88 bits per heavy atom. The molecule has 0 spiro atoms. The first-order valence-electron chi connectivity index (χ1n) is 7.55. The maximum Gasteiger partial charge on any atom is 0.279 e. The Labute approximate surface area is 152 Å². The SMILES string of the molecule is Nc1nc(NC(=O)c2ccon2)cnc1-c1cc(Cl)cc2c1OCCO2. The molecule has 0 radical (unpaired) electrons. The number of nitrogens with two attached hydrogens (primary N) is 1. The molecule has 26 heavy (non-hydrogen) atoms. The molecule has 0 fully saturated rings. The number of nitrogen functional groups attached to an aromatic ring is 1. The number of hydrogen-bond donors (Lipinski definition) is 2. The van der Waals surface area contributed by atoms with Crippen molar-refractivity contribution < 1.29 is 18.8 Å². The van der Waals surface area contributed by atoms with E-state index in [-0.39, 0.29) is 17.3 Å². The molecule has 3 N–H and O–H groups in total. The number of rotatable bonds is 3. The summed E-state index contributed by atoms with van der Waals surface area (Å²) in [6, 6.07) is 4.76. The first-order valence-corrected chi connectivity index (χ1v) is 7.93. The van der Waals surface area contributed by atoms with Gasteiger partial charge in [0.05, 0.1) is 11.8 Å². The second-order valence-electron chi connectivity index (χ2n) is 5.31. The molecule has 0 saturated carbocycles. The average molecular weight is 374 g/mol. The minimum absolute atomic E-state index is 0.0987. The quantitative estimate of drug-likeness (QED) is 0.716. The highest BCUT2D eigenvalue weighted by Gasteiger charge is 2.22. The van der Waals surface area contributed by atoms with Crippen molar-refractivity contribution in [2.45, 2.75) is 0 Å². The minimum atomic E-state index is -0.489. The van der Waals surface area contributed by atoms with Gasteiger partial charge in [-0.15, -0.1) is 0 Å². The minimum Gasteiger partial charge on any atom is -0.486 e. The number of nitrogens with one attached hydrogen (secondary N) is 1. The van der Waals surface area contributed by atoms with Gasteiger partial charge in [0.2, 0.25) is 0 Å². The molecule has 1 amide bonds. The van der Waals surface area contributed by atoms with Gasteiger partial charge in [0, 0.05) is 17.2 Å². The number of amides is 1. The van der Waals surface area contributed by atoms with Crippen molar-refractivity contribution in [2.75, 3.05) is 24.3 Å². The predicted molar refractivity (Wildman–Crippen MR) is 92.3 cm³/mol. The van der Waals surface area contributed by atoms with E-state index >= 15 is 0 Å². The molecular formula is C16H12ClN5O4. The third kappa shape index (κ3) is 3.00. The van der Waals surface area contributed by atoms with Gasteiger partial charge in [-0.25, -0.2) is 9.97 Å². The maximum atomic E-state index is 12.0. The molecule has 0 saturated heterocycles. The third-order valence-corrected chi connectivity index (χ3v) is 3.79. The first kappa shape index (κ1) is 16.2. The van der Waals surface area contributed by atoms with E-state index in [1.54, 1.807) is 12.1 Å². The summed E-state index contributed by atoms with van der Waals surface area (Å²) >= 11 is 6.14. The van der Waals surface area contributed by atoms with Crippen LogP contribution in [0.3, 0.4) is 0 Å². The van der Waals surface area contributed by atoms with Crippen LogP contribution in [0.1, 0.15) is 10.5 Å². The molecule has 0 unspecified atom stereocenters. The maximum absolute atomic E-state index is 12.0. The van der Waals surface area contributed by atoms with Gasteiger partial charge in [-0.2, -0.15) is 0 Å². The number of hydrogen-bond acceptors (Lipinski definition) is 8. The van der Waals surface area contributed by atoms with Crippen LogP contribution >= 0.6 is 11.6 Å². The van der Waals surface area contributed by atoms with Gasteiger partial charge in [-0.05, 0) is 6.07 Å². The molecule has 1 aliphatic heterocycles. The molecule has 132 valence electrons. The van der Waals surface area contributed by atoms with Crippen molar-refractivity contribution in [3.05, 3.63) is 41.4 Å². The lowest BCUT2D eigenvalue weighted by Gasteiger charge is -2.21. The Hall–Kier alpha value is -3.33. The molecule has 0 bridgehead atoms. The Morgan fingerprint density at radius 2 is 2.12 bits per heavy atom. The molecule has 1 aliphatic rings.